The standard InChI is InChI=1S/C15H11Cl2N3O/c1-9-18-14(13-4-2-3-5-20(9)13)15(21)19-12-7-10(16)6-11(17)8-12/h2-8H,1H3,(H,19,21). The first-order chi connectivity index (χ1) is 10.0. The molecule has 0 spiro atoms. The van der Waals surface area contributed by atoms with E-state index >= 15 is 0 Å². The van der Waals surface area contributed by atoms with Gasteiger partial charge in [0.05, 0.1) is 5.52 Å². The molecule has 0 radical (unpaired) electrons. The van der Waals surface area contributed by atoms with E-state index in [4.69, 9.17) is 23.2 Å². The fourth-order valence-corrected chi connectivity index (χ4v) is 2.70. The van der Waals surface area contributed by atoms with Crippen molar-refractivity contribution in [3.8, 4) is 0 Å². The molecule has 0 atom stereocenters. The molecular weight excluding hydrogens is 309 g/mol. The number of nitrogens with one attached hydrogen (secondary N) is 1. The first-order valence-corrected chi connectivity index (χ1v) is 7.01. The molecule has 0 aliphatic carbocycles. The second-order valence-corrected chi connectivity index (χ2v) is 5.45. The van der Waals surface area contributed by atoms with E-state index in [2.05, 4.69) is 10.3 Å². The van der Waals surface area contributed by atoms with E-state index in [1.165, 1.54) is 0 Å². The van der Waals surface area contributed by atoms with Crippen molar-refractivity contribution in [3.63, 3.8) is 0 Å². The molecule has 4 nitrogen and oxygen atoms in total. The molecule has 0 aliphatic heterocycles. The minimum atomic E-state index is -0.301. The average molecular weight is 320 g/mol. The number of anilines is 1. The number of nitrogens with zero attached hydrogens (tertiary/aromatic N) is 2. The lowest BCUT2D eigenvalue weighted by molar-refractivity contribution is 0.102. The lowest BCUT2D eigenvalue weighted by Gasteiger charge is -2.05. The van der Waals surface area contributed by atoms with E-state index in [1.807, 2.05) is 35.7 Å². The maximum atomic E-state index is 12.4. The van der Waals surface area contributed by atoms with Gasteiger partial charge < -0.3 is 9.72 Å². The Kier molecular flexibility index (Phi) is 3.57. The molecule has 0 saturated heterocycles. The Hall–Kier alpha value is -2.04. The molecule has 2 heterocycles. The van der Waals surface area contributed by atoms with Crippen molar-refractivity contribution in [3.05, 3.63) is 64.2 Å². The van der Waals surface area contributed by atoms with E-state index in [-0.39, 0.29) is 5.91 Å². The van der Waals surface area contributed by atoms with Crippen molar-refractivity contribution in [1.29, 1.82) is 0 Å². The van der Waals surface area contributed by atoms with Crippen molar-refractivity contribution in [2.75, 3.05) is 5.32 Å². The van der Waals surface area contributed by atoms with Crippen LogP contribution in [-0.2, 0) is 0 Å². The highest BCUT2D eigenvalue weighted by Crippen LogP contribution is 2.23. The summed E-state index contributed by atoms with van der Waals surface area (Å²) < 4.78 is 1.86. The number of benzene rings is 1. The maximum absolute atomic E-state index is 12.4. The van der Waals surface area contributed by atoms with Crippen LogP contribution in [0.1, 0.15) is 16.3 Å². The zero-order chi connectivity index (χ0) is 15.0. The number of pyridine rings is 1. The number of hydrogen-bond donors (Lipinski definition) is 1. The molecule has 0 saturated carbocycles. The number of carbonyl (C=O) groups excluding carboxylic acids is 1. The maximum Gasteiger partial charge on any atom is 0.276 e. The van der Waals surface area contributed by atoms with Crippen LogP contribution in [0, 0.1) is 6.92 Å². The summed E-state index contributed by atoms with van der Waals surface area (Å²) in [6.07, 6.45) is 1.87. The summed E-state index contributed by atoms with van der Waals surface area (Å²) in [5.41, 5.74) is 1.65. The molecule has 1 aromatic carbocycles. The van der Waals surface area contributed by atoms with Gasteiger partial charge >= 0.3 is 0 Å². The van der Waals surface area contributed by atoms with Crippen LogP contribution in [0.15, 0.2) is 42.6 Å². The Balaban J connectivity index is 1.97. The molecule has 2 aromatic heterocycles. The summed E-state index contributed by atoms with van der Waals surface area (Å²) in [6.45, 7) is 1.85. The number of halogens is 2. The molecule has 1 N–H and O–H groups in total. The number of hydrogen-bond acceptors (Lipinski definition) is 2. The van der Waals surface area contributed by atoms with Gasteiger partial charge in [-0.2, -0.15) is 0 Å². The first-order valence-electron chi connectivity index (χ1n) is 6.26. The van der Waals surface area contributed by atoms with Crippen LogP contribution in [0.4, 0.5) is 5.69 Å². The molecule has 0 bridgehead atoms. The Bertz CT molecular complexity index is 822. The first kappa shape index (κ1) is 13.9. The lowest BCUT2D eigenvalue weighted by atomic mass is 10.3. The molecule has 3 aromatic rings. The fourth-order valence-electron chi connectivity index (χ4n) is 2.17. The molecule has 3 rings (SSSR count). The van der Waals surface area contributed by atoms with Crippen molar-refractivity contribution in [2.24, 2.45) is 0 Å². The van der Waals surface area contributed by atoms with Gasteiger partial charge in [0.15, 0.2) is 5.69 Å². The van der Waals surface area contributed by atoms with Gasteiger partial charge in [-0.3, -0.25) is 4.79 Å². The smallest absolute Gasteiger partial charge is 0.276 e. The van der Waals surface area contributed by atoms with Crippen LogP contribution in [0.3, 0.4) is 0 Å². The highest BCUT2D eigenvalue weighted by atomic mass is 35.5. The SMILES string of the molecule is Cc1nc(C(=O)Nc2cc(Cl)cc(Cl)c2)c2ccccn12. The number of imidazole rings is 1. The monoisotopic (exact) mass is 319 g/mol. The topological polar surface area (TPSA) is 46.4 Å². The van der Waals surface area contributed by atoms with Gasteiger partial charge in [0.1, 0.15) is 5.82 Å². The number of aromatic nitrogens is 2. The highest BCUT2D eigenvalue weighted by Gasteiger charge is 2.15. The number of carbonyl (C=O) groups is 1. The lowest BCUT2D eigenvalue weighted by Crippen LogP contribution is -2.12. The number of rotatable bonds is 2. The largest absolute Gasteiger partial charge is 0.320 e. The van der Waals surface area contributed by atoms with Gasteiger partial charge in [0.2, 0.25) is 0 Å². The fraction of sp³-hybridized carbons (Fsp3) is 0.0667. The van der Waals surface area contributed by atoms with E-state index in [0.717, 1.165) is 11.3 Å². The second kappa shape index (κ2) is 5.39. The van der Waals surface area contributed by atoms with E-state index in [0.29, 0.717) is 21.4 Å². The van der Waals surface area contributed by atoms with Crippen molar-refractivity contribution >= 4 is 40.3 Å². The highest BCUT2D eigenvalue weighted by molar-refractivity contribution is 6.35. The minimum absolute atomic E-state index is 0.301. The summed E-state index contributed by atoms with van der Waals surface area (Å²) in [7, 11) is 0. The van der Waals surface area contributed by atoms with Gasteiger partial charge in [0, 0.05) is 21.9 Å². The van der Waals surface area contributed by atoms with Crippen LogP contribution >= 0.6 is 23.2 Å². The molecular formula is C15H11Cl2N3O. The van der Waals surface area contributed by atoms with Gasteiger partial charge in [-0.05, 0) is 37.3 Å². The Morgan fingerprint density at radius 1 is 1.19 bits per heavy atom. The van der Waals surface area contributed by atoms with Gasteiger partial charge in [-0.25, -0.2) is 4.98 Å². The third-order valence-electron chi connectivity index (χ3n) is 3.06. The Labute approximate surface area is 131 Å². The predicted molar refractivity (Wildman–Crippen MR) is 84.3 cm³/mol. The molecule has 6 heteroatoms. The zero-order valence-corrected chi connectivity index (χ0v) is 12.6. The van der Waals surface area contributed by atoms with Gasteiger partial charge in [-0.1, -0.05) is 29.3 Å². The Morgan fingerprint density at radius 2 is 1.90 bits per heavy atom. The number of aryl methyl sites for hydroxylation is 1. The summed E-state index contributed by atoms with van der Waals surface area (Å²) in [4.78, 5) is 16.7. The van der Waals surface area contributed by atoms with Crippen LogP contribution in [0.25, 0.3) is 5.52 Å². The molecule has 0 aliphatic rings. The molecule has 0 fully saturated rings. The molecule has 1 amide bonds. The minimum Gasteiger partial charge on any atom is -0.320 e. The zero-order valence-electron chi connectivity index (χ0n) is 11.1. The third-order valence-corrected chi connectivity index (χ3v) is 3.50. The Morgan fingerprint density at radius 3 is 2.62 bits per heavy atom. The molecule has 0 unspecified atom stereocenters. The number of amides is 1. The molecule has 21 heavy (non-hydrogen) atoms. The van der Waals surface area contributed by atoms with Crippen LogP contribution in [0.2, 0.25) is 10.0 Å². The van der Waals surface area contributed by atoms with Crippen LogP contribution < -0.4 is 5.32 Å². The average Bonchev–Trinajstić information content (AvgIpc) is 2.76. The second-order valence-electron chi connectivity index (χ2n) is 4.58. The van der Waals surface area contributed by atoms with E-state index in [9.17, 15) is 4.79 Å². The van der Waals surface area contributed by atoms with Crippen molar-refractivity contribution in [1.82, 2.24) is 9.38 Å². The van der Waals surface area contributed by atoms with E-state index < -0.39 is 0 Å². The van der Waals surface area contributed by atoms with Crippen LogP contribution in [0.5, 0.6) is 0 Å². The van der Waals surface area contributed by atoms with Gasteiger partial charge in [-0.15, -0.1) is 0 Å². The van der Waals surface area contributed by atoms with Crippen LogP contribution in [-0.4, -0.2) is 15.3 Å². The molecule has 106 valence electrons. The van der Waals surface area contributed by atoms with E-state index in [1.54, 1.807) is 18.2 Å². The predicted octanol–water partition coefficient (Wildman–Crippen LogP) is 4.20. The summed E-state index contributed by atoms with van der Waals surface area (Å²) in [5, 5.41) is 3.69. The summed E-state index contributed by atoms with van der Waals surface area (Å²) in [6, 6.07) is 10.5. The van der Waals surface area contributed by atoms with Crippen molar-refractivity contribution in [2.45, 2.75) is 6.92 Å². The van der Waals surface area contributed by atoms with Gasteiger partial charge in [0.25, 0.3) is 5.91 Å². The van der Waals surface area contributed by atoms with Crippen molar-refractivity contribution < 1.29 is 4.79 Å². The summed E-state index contributed by atoms with van der Waals surface area (Å²) >= 11 is 11.8. The normalized spacial score (nSPS) is 10.8. The summed E-state index contributed by atoms with van der Waals surface area (Å²) in [5.74, 6) is 0.449. The number of fused-ring (bicyclic) bond motifs is 1. The third kappa shape index (κ3) is 2.73. The quantitative estimate of drug-likeness (QED) is 0.769.